The van der Waals surface area contributed by atoms with Crippen molar-refractivity contribution in [2.24, 2.45) is 7.05 Å². The van der Waals surface area contributed by atoms with Gasteiger partial charge in [0.1, 0.15) is 17.9 Å². The highest BCUT2D eigenvalue weighted by atomic mass is 16.5. The minimum absolute atomic E-state index is 0.0288. The molecule has 2 atom stereocenters. The molecule has 0 amide bonds. The second-order valence-corrected chi connectivity index (χ2v) is 10.1. The van der Waals surface area contributed by atoms with E-state index in [1.165, 1.54) is 16.7 Å². The summed E-state index contributed by atoms with van der Waals surface area (Å²) in [6, 6.07) is 19.2. The van der Waals surface area contributed by atoms with Gasteiger partial charge in [0.05, 0.1) is 11.9 Å². The fourth-order valence-corrected chi connectivity index (χ4v) is 6.02. The zero-order valence-electron chi connectivity index (χ0n) is 22.1. The van der Waals surface area contributed by atoms with Crippen LogP contribution in [0.5, 0.6) is 5.75 Å². The van der Waals surface area contributed by atoms with Crippen LogP contribution in [-0.2, 0) is 29.6 Å². The highest BCUT2D eigenvalue weighted by molar-refractivity contribution is 5.80. The SMILES string of the molecule is Cc1c(C(CC(=O)O)c2ccc3c(c2)C(N2CCOc4ccccc4C2)CC3)ccc2c1nnn2C.O=CO. The second-order valence-electron chi connectivity index (χ2n) is 10.1. The Morgan fingerprint density at radius 1 is 1.18 bits per heavy atom. The Kier molecular flexibility index (Phi) is 7.60. The minimum atomic E-state index is -0.808. The Hall–Kier alpha value is -4.24. The van der Waals surface area contributed by atoms with E-state index >= 15 is 0 Å². The lowest BCUT2D eigenvalue weighted by atomic mass is 9.84. The monoisotopic (exact) mass is 528 g/mol. The zero-order valence-corrected chi connectivity index (χ0v) is 22.1. The summed E-state index contributed by atoms with van der Waals surface area (Å²) in [6.07, 6.45) is 2.13. The Labute approximate surface area is 226 Å². The number of aromatic nitrogens is 3. The molecule has 3 aromatic carbocycles. The van der Waals surface area contributed by atoms with Crippen molar-refractivity contribution in [2.45, 2.75) is 44.7 Å². The standard InChI is InChI=1S/C29H30N4O3.CH2O2/c1-18-22(10-12-26-29(18)30-31-32(26)2)23(16-28(34)35)20-8-7-19-9-11-25(24(19)15-20)33-13-14-36-27-6-4-3-5-21(27)17-33;2-1-3/h3-8,10,12,15,23,25H,9,11,13-14,16-17H2,1-2H3,(H,34,35);1H,(H,2,3). The molecule has 202 valence electrons. The molecule has 4 aromatic rings. The number of rotatable bonds is 5. The summed E-state index contributed by atoms with van der Waals surface area (Å²) < 4.78 is 7.77. The van der Waals surface area contributed by atoms with Crippen LogP contribution in [0.3, 0.4) is 0 Å². The fourth-order valence-electron chi connectivity index (χ4n) is 6.02. The van der Waals surface area contributed by atoms with E-state index in [0.717, 1.165) is 59.4 Å². The smallest absolute Gasteiger partial charge is 0.304 e. The highest BCUT2D eigenvalue weighted by Crippen LogP contribution is 2.41. The Bertz CT molecular complexity index is 1510. The Morgan fingerprint density at radius 3 is 2.77 bits per heavy atom. The summed E-state index contributed by atoms with van der Waals surface area (Å²) in [4.78, 5) is 22.9. The maximum atomic E-state index is 12.0. The number of aliphatic carboxylic acids is 1. The van der Waals surface area contributed by atoms with Crippen molar-refractivity contribution in [2.75, 3.05) is 13.2 Å². The van der Waals surface area contributed by atoms with Gasteiger partial charge >= 0.3 is 5.97 Å². The van der Waals surface area contributed by atoms with Crippen molar-refractivity contribution in [1.29, 1.82) is 0 Å². The second kappa shape index (κ2) is 11.2. The number of carbonyl (C=O) groups is 2. The molecular formula is C30H32N4O5. The van der Waals surface area contributed by atoms with E-state index in [4.69, 9.17) is 14.6 Å². The van der Waals surface area contributed by atoms with Crippen LogP contribution in [0.4, 0.5) is 0 Å². The average molecular weight is 529 g/mol. The third kappa shape index (κ3) is 5.22. The number of carboxylic acids is 1. The van der Waals surface area contributed by atoms with Crippen molar-refractivity contribution in [3.05, 3.63) is 88.0 Å². The van der Waals surface area contributed by atoms with Crippen molar-refractivity contribution in [3.63, 3.8) is 0 Å². The van der Waals surface area contributed by atoms with E-state index in [9.17, 15) is 9.90 Å². The van der Waals surface area contributed by atoms with E-state index < -0.39 is 5.97 Å². The molecule has 0 bridgehead atoms. The maximum absolute atomic E-state index is 12.0. The first-order valence-electron chi connectivity index (χ1n) is 13.1. The number of fused-ring (bicyclic) bond motifs is 3. The van der Waals surface area contributed by atoms with Crippen LogP contribution in [0.2, 0.25) is 0 Å². The van der Waals surface area contributed by atoms with E-state index in [2.05, 4.69) is 45.5 Å². The third-order valence-electron chi connectivity index (χ3n) is 7.87. The summed E-state index contributed by atoms with van der Waals surface area (Å²) in [7, 11) is 1.87. The quantitative estimate of drug-likeness (QED) is 0.365. The average Bonchev–Trinajstić information content (AvgIpc) is 3.45. The van der Waals surface area contributed by atoms with Gasteiger partial charge < -0.3 is 14.9 Å². The fraction of sp³-hybridized carbons (Fsp3) is 0.333. The molecule has 1 aliphatic carbocycles. The highest BCUT2D eigenvalue weighted by Gasteiger charge is 2.31. The first-order chi connectivity index (χ1) is 18.9. The zero-order chi connectivity index (χ0) is 27.5. The molecule has 0 radical (unpaired) electrons. The van der Waals surface area contributed by atoms with E-state index in [0.29, 0.717) is 12.6 Å². The minimum Gasteiger partial charge on any atom is -0.492 e. The number of hydrogen-bond acceptors (Lipinski definition) is 6. The van der Waals surface area contributed by atoms with Crippen LogP contribution in [0.15, 0.2) is 54.6 Å². The van der Waals surface area contributed by atoms with Gasteiger partial charge in [-0.05, 0) is 59.7 Å². The lowest BCUT2D eigenvalue weighted by molar-refractivity contribution is -0.137. The van der Waals surface area contributed by atoms with Gasteiger partial charge in [0.2, 0.25) is 0 Å². The van der Waals surface area contributed by atoms with Crippen LogP contribution in [-0.4, -0.2) is 55.7 Å². The van der Waals surface area contributed by atoms with E-state index in [1.54, 1.807) is 4.68 Å². The number of para-hydroxylation sites is 1. The molecule has 2 N–H and O–H groups in total. The number of aryl methyl sites for hydroxylation is 3. The summed E-state index contributed by atoms with van der Waals surface area (Å²) in [6.45, 7) is 4.16. The number of carboxylic acid groups (broad SMARTS) is 2. The molecule has 39 heavy (non-hydrogen) atoms. The molecule has 2 unspecified atom stereocenters. The molecule has 0 saturated carbocycles. The Morgan fingerprint density at radius 2 is 1.97 bits per heavy atom. The summed E-state index contributed by atoms with van der Waals surface area (Å²) >= 11 is 0. The van der Waals surface area contributed by atoms with Gasteiger partial charge in [-0.2, -0.15) is 0 Å². The molecule has 2 aliphatic rings. The van der Waals surface area contributed by atoms with Gasteiger partial charge in [-0.15, -0.1) is 5.10 Å². The molecule has 1 aliphatic heterocycles. The third-order valence-corrected chi connectivity index (χ3v) is 7.87. The van der Waals surface area contributed by atoms with Crippen LogP contribution in [0, 0.1) is 6.92 Å². The van der Waals surface area contributed by atoms with Gasteiger partial charge in [0.25, 0.3) is 6.47 Å². The van der Waals surface area contributed by atoms with E-state index in [-0.39, 0.29) is 18.8 Å². The molecule has 0 spiro atoms. The number of benzene rings is 3. The van der Waals surface area contributed by atoms with Gasteiger partial charge in [0, 0.05) is 37.7 Å². The normalized spacial score (nSPS) is 17.2. The largest absolute Gasteiger partial charge is 0.492 e. The molecule has 1 aromatic heterocycles. The van der Waals surface area contributed by atoms with Gasteiger partial charge in [-0.1, -0.05) is 47.7 Å². The van der Waals surface area contributed by atoms with Crippen LogP contribution >= 0.6 is 0 Å². The molecular weight excluding hydrogens is 496 g/mol. The molecule has 0 saturated heterocycles. The predicted molar refractivity (Wildman–Crippen MR) is 146 cm³/mol. The lowest BCUT2D eigenvalue weighted by Gasteiger charge is -2.28. The number of hydrogen-bond donors (Lipinski definition) is 2. The number of nitrogens with zero attached hydrogens (tertiary/aromatic N) is 4. The predicted octanol–water partition coefficient (Wildman–Crippen LogP) is 4.47. The van der Waals surface area contributed by atoms with Crippen molar-refractivity contribution in [3.8, 4) is 5.75 Å². The first-order valence-corrected chi connectivity index (χ1v) is 13.1. The topological polar surface area (TPSA) is 118 Å². The first kappa shape index (κ1) is 26.4. The summed E-state index contributed by atoms with van der Waals surface area (Å²) in [5.41, 5.74) is 8.70. The summed E-state index contributed by atoms with van der Waals surface area (Å²) in [5, 5.41) is 25.2. The molecule has 6 rings (SSSR count). The lowest BCUT2D eigenvalue weighted by Crippen LogP contribution is -2.29. The van der Waals surface area contributed by atoms with Crippen molar-refractivity contribution >= 4 is 23.5 Å². The van der Waals surface area contributed by atoms with E-state index in [1.807, 2.05) is 38.2 Å². The molecule has 9 nitrogen and oxygen atoms in total. The number of ether oxygens (including phenoxy) is 1. The maximum Gasteiger partial charge on any atom is 0.304 e. The molecule has 9 heteroatoms. The van der Waals surface area contributed by atoms with Crippen LogP contribution in [0.25, 0.3) is 11.0 Å². The molecule has 0 fully saturated rings. The molecule has 2 heterocycles. The van der Waals surface area contributed by atoms with Crippen LogP contribution in [0.1, 0.15) is 58.2 Å². The van der Waals surface area contributed by atoms with Gasteiger partial charge in [-0.3, -0.25) is 14.5 Å². The van der Waals surface area contributed by atoms with Crippen molar-refractivity contribution in [1.82, 2.24) is 19.9 Å². The summed E-state index contributed by atoms with van der Waals surface area (Å²) in [5.74, 6) is -0.0889. The van der Waals surface area contributed by atoms with Gasteiger partial charge in [0.15, 0.2) is 0 Å². The van der Waals surface area contributed by atoms with Crippen molar-refractivity contribution < 1.29 is 24.5 Å². The van der Waals surface area contributed by atoms with Gasteiger partial charge in [-0.25, -0.2) is 4.68 Å². The Balaban J connectivity index is 0.000000983. The van der Waals surface area contributed by atoms with Crippen LogP contribution < -0.4 is 4.74 Å².